The van der Waals surface area contributed by atoms with Crippen LogP contribution in [0.2, 0.25) is 10.0 Å². The number of hydrogen-bond acceptors (Lipinski definition) is 4. The van der Waals surface area contributed by atoms with Gasteiger partial charge in [0.2, 0.25) is 5.91 Å². The number of benzene rings is 3. The maximum Gasteiger partial charge on any atom is 0.264 e. The maximum absolute atomic E-state index is 13.5. The molecular formula is C24H24Cl2N2O4S. The van der Waals surface area contributed by atoms with E-state index in [9.17, 15) is 13.2 Å². The van der Waals surface area contributed by atoms with Gasteiger partial charge in [-0.15, -0.1) is 0 Å². The zero-order chi connectivity index (χ0) is 23.8. The van der Waals surface area contributed by atoms with Crippen molar-refractivity contribution in [3.63, 3.8) is 0 Å². The molecule has 0 atom stereocenters. The Labute approximate surface area is 204 Å². The summed E-state index contributed by atoms with van der Waals surface area (Å²) in [7, 11) is -4.07. The van der Waals surface area contributed by atoms with Crippen LogP contribution >= 0.6 is 23.2 Å². The average molecular weight is 507 g/mol. The lowest BCUT2D eigenvalue weighted by Gasteiger charge is -2.26. The third kappa shape index (κ3) is 6.63. The number of carbonyl (C=O) groups is 1. The molecule has 0 unspecified atom stereocenters. The van der Waals surface area contributed by atoms with Crippen LogP contribution in [0.1, 0.15) is 12.5 Å². The second kappa shape index (κ2) is 11.4. The van der Waals surface area contributed by atoms with Gasteiger partial charge in [0.15, 0.2) is 0 Å². The number of nitrogens with zero attached hydrogens (tertiary/aromatic N) is 1. The molecule has 0 aliphatic heterocycles. The van der Waals surface area contributed by atoms with E-state index in [4.69, 9.17) is 27.9 Å². The predicted molar refractivity (Wildman–Crippen MR) is 132 cm³/mol. The second-order valence-electron chi connectivity index (χ2n) is 7.09. The number of halogens is 2. The molecule has 1 N–H and O–H groups in total. The Morgan fingerprint density at radius 1 is 0.939 bits per heavy atom. The molecule has 0 aromatic heterocycles. The number of anilines is 1. The first-order valence-corrected chi connectivity index (χ1v) is 12.5. The van der Waals surface area contributed by atoms with Gasteiger partial charge in [-0.25, -0.2) is 8.42 Å². The smallest absolute Gasteiger partial charge is 0.264 e. The van der Waals surface area contributed by atoms with Gasteiger partial charge in [0.25, 0.3) is 10.0 Å². The molecule has 0 fully saturated rings. The summed E-state index contributed by atoms with van der Waals surface area (Å²) in [4.78, 5) is 12.8. The first-order valence-electron chi connectivity index (χ1n) is 10.3. The zero-order valence-electron chi connectivity index (χ0n) is 18.0. The quantitative estimate of drug-likeness (QED) is 0.422. The molecule has 0 bridgehead atoms. The van der Waals surface area contributed by atoms with Crippen molar-refractivity contribution in [3.8, 4) is 5.75 Å². The van der Waals surface area contributed by atoms with E-state index in [1.165, 1.54) is 24.3 Å². The Hall–Kier alpha value is -2.74. The maximum atomic E-state index is 13.5. The van der Waals surface area contributed by atoms with E-state index in [0.29, 0.717) is 35.4 Å². The third-order valence-electron chi connectivity index (χ3n) is 4.77. The van der Waals surface area contributed by atoms with Gasteiger partial charge in [-0.1, -0.05) is 47.5 Å². The van der Waals surface area contributed by atoms with Crippen LogP contribution in [0.5, 0.6) is 5.75 Å². The molecule has 174 valence electrons. The topological polar surface area (TPSA) is 75.7 Å². The van der Waals surface area contributed by atoms with E-state index in [0.717, 1.165) is 9.87 Å². The van der Waals surface area contributed by atoms with Gasteiger partial charge >= 0.3 is 0 Å². The molecule has 3 rings (SSSR count). The highest BCUT2D eigenvalue weighted by Crippen LogP contribution is 2.32. The summed E-state index contributed by atoms with van der Waals surface area (Å²) in [6.07, 6.45) is 0.586. The fourth-order valence-corrected chi connectivity index (χ4v) is 4.84. The number of hydrogen-bond donors (Lipinski definition) is 1. The molecule has 0 saturated carbocycles. The summed E-state index contributed by atoms with van der Waals surface area (Å²) in [6.45, 7) is 2.09. The van der Waals surface area contributed by atoms with E-state index in [1.807, 2.05) is 12.1 Å². The van der Waals surface area contributed by atoms with Gasteiger partial charge in [-0.3, -0.25) is 9.10 Å². The molecule has 3 aromatic carbocycles. The molecule has 3 aromatic rings. The summed E-state index contributed by atoms with van der Waals surface area (Å²) in [5.41, 5.74) is 1.29. The van der Waals surface area contributed by atoms with Crippen molar-refractivity contribution in [1.29, 1.82) is 0 Å². The number of ether oxygens (including phenoxy) is 1. The van der Waals surface area contributed by atoms with Crippen molar-refractivity contribution in [3.05, 3.63) is 88.4 Å². The van der Waals surface area contributed by atoms with Gasteiger partial charge in [0.05, 0.1) is 17.2 Å². The number of nitrogens with one attached hydrogen (secondary N) is 1. The second-order valence-corrected chi connectivity index (χ2v) is 9.83. The molecular weight excluding hydrogens is 483 g/mol. The van der Waals surface area contributed by atoms with Crippen molar-refractivity contribution in [1.82, 2.24) is 5.32 Å². The van der Waals surface area contributed by atoms with Crippen LogP contribution in [0.25, 0.3) is 0 Å². The van der Waals surface area contributed by atoms with Gasteiger partial charge in [0, 0.05) is 16.6 Å². The van der Waals surface area contributed by atoms with Crippen molar-refractivity contribution in [2.45, 2.75) is 18.2 Å². The summed E-state index contributed by atoms with van der Waals surface area (Å²) in [6, 6.07) is 19.8. The fourth-order valence-electron chi connectivity index (χ4n) is 3.16. The van der Waals surface area contributed by atoms with E-state index in [-0.39, 0.29) is 10.6 Å². The van der Waals surface area contributed by atoms with Crippen LogP contribution in [0.4, 0.5) is 5.69 Å². The minimum atomic E-state index is -4.07. The average Bonchev–Trinajstić information content (AvgIpc) is 2.80. The number of para-hydroxylation sites is 2. The first kappa shape index (κ1) is 24.9. The molecule has 6 nitrogen and oxygen atoms in total. The van der Waals surface area contributed by atoms with Crippen LogP contribution in [0.15, 0.2) is 77.7 Å². The van der Waals surface area contributed by atoms with E-state index in [1.54, 1.807) is 43.3 Å². The molecule has 0 heterocycles. The predicted octanol–water partition coefficient (Wildman–Crippen LogP) is 4.95. The van der Waals surface area contributed by atoms with Gasteiger partial charge in [-0.2, -0.15) is 0 Å². The Balaban J connectivity index is 1.83. The minimum Gasteiger partial charge on any atom is -0.492 e. The summed E-state index contributed by atoms with van der Waals surface area (Å²) < 4.78 is 33.7. The van der Waals surface area contributed by atoms with Gasteiger partial charge in [0.1, 0.15) is 12.3 Å². The lowest BCUT2D eigenvalue weighted by Crippen LogP contribution is -2.41. The Kier molecular flexibility index (Phi) is 8.61. The minimum absolute atomic E-state index is 0.0205. The number of rotatable bonds is 10. The Morgan fingerprint density at radius 2 is 1.55 bits per heavy atom. The van der Waals surface area contributed by atoms with E-state index in [2.05, 4.69) is 5.32 Å². The molecule has 1 amide bonds. The third-order valence-corrected chi connectivity index (χ3v) is 7.05. The van der Waals surface area contributed by atoms with Crippen LogP contribution in [-0.4, -0.2) is 34.0 Å². The van der Waals surface area contributed by atoms with Crippen LogP contribution in [-0.2, 0) is 21.2 Å². The molecule has 0 aliphatic rings. The van der Waals surface area contributed by atoms with Crippen LogP contribution < -0.4 is 14.4 Å². The Bertz CT molecular complexity index is 1180. The number of sulfonamides is 1. The standard InChI is InChI=1S/C24H24Cl2N2O4S/c1-2-32-23-6-4-3-5-22(23)28(33(30,31)21-13-11-20(26)12-14-21)17-24(29)27-16-15-18-7-9-19(25)10-8-18/h3-14H,2,15-17H2,1H3,(H,27,29). The zero-order valence-corrected chi connectivity index (χ0v) is 20.3. The SMILES string of the molecule is CCOc1ccccc1N(CC(=O)NCCc1ccc(Cl)cc1)S(=O)(=O)c1ccc(Cl)cc1. The lowest BCUT2D eigenvalue weighted by molar-refractivity contribution is -0.119. The fraction of sp³-hybridized carbons (Fsp3) is 0.208. The van der Waals surface area contributed by atoms with Crippen molar-refractivity contribution in [2.75, 3.05) is 24.0 Å². The van der Waals surface area contributed by atoms with Crippen LogP contribution in [0, 0.1) is 0 Å². The van der Waals surface area contributed by atoms with Gasteiger partial charge in [-0.05, 0) is 67.4 Å². The summed E-state index contributed by atoms with van der Waals surface area (Å²) >= 11 is 11.8. The normalized spacial score (nSPS) is 11.1. The molecule has 0 saturated heterocycles. The summed E-state index contributed by atoms with van der Waals surface area (Å²) in [5, 5.41) is 3.84. The number of amides is 1. The lowest BCUT2D eigenvalue weighted by atomic mass is 10.1. The van der Waals surface area contributed by atoms with Gasteiger partial charge < -0.3 is 10.1 Å². The van der Waals surface area contributed by atoms with Crippen molar-refractivity contribution < 1.29 is 17.9 Å². The molecule has 0 aliphatic carbocycles. The first-order chi connectivity index (χ1) is 15.8. The molecule has 0 radical (unpaired) electrons. The monoisotopic (exact) mass is 506 g/mol. The highest BCUT2D eigenvalue weighted by Gasteiger charge is 2.29. The van der Waals surface area contributed by atoms with E-state index >= 15 is 0 Å². The highest BCUT2D eigenvalue weighted by atomic mass is 35.5. The summed E-state index contributed by atoms with van der Waals surface area (Å²) in [5.74, 6) is -0.0701. The number of carbonyl (C=O) groups excluding carboxylic acids is 1. The largest absolute Gasteiger partial charge is 0.492 e. The van der Waals surface area contributed by atoms with Crippen molar-refractivity contribution >= 4 is 44.8 Å². The van der Waals surface area contributed by atoms with Crippen molar-refractivity contribution in [2.24, 2.45) is 0 Å². The molecule has 0 spiro atoms. The highest BCUT2D eigenvalue weighted by molar-refractivity contribution is 7.92. The molecule has 9 heteroatoms. The Morgan fingerprint density at radius 3 is 2.18 bits per heavy atom. The van der Waals surface area contributed by atoms with E-state index < -0.39 is 22.5 Å². The van der Waals surface area contributed by atoms with Crippen LogP contribution in [0.3, 0.4) is 0 Å². The molecule has 33 heavy (non-hydrogen) atoms.